The highest BCUT2D eigenvalue weighted by atomic mass is 32.2. The van der Waals surface area contributed by atoms with Gasteiger partial charge in [0.2, 0.25) is 5.91 Å². The van der Waals surface area contributed by atoms with E-state index in [1.807, 2.05) is 24.3 Å². The molecule has 1 aliphatic rings. The number of nitrogens with zero attached hydrogens (tertiary/aromatic N) is 1. The van der Waals surface area contributed by atoms with E-state index < -0.39 is 15.1 Å². The summed E-state index contributed by atoms with van der Waals surface area (Å²) in [5.74, 6) is 0.000141. The van der Waals surface area contributed by atoms with Gasteiger partial charge < -0.3 is 10.2 Å². The van der Waals surface area contributed by atoms with Crippen LogP contribution in [0, 0.1) is 0 Å². The molecule has 1 heterocycles. The Hall–Kier alpha value is -1.40. The number of anilines is 1. The molecule has 1 aromatic carbocycles. The predicted octanol–water partition coefficient (Wildman–Crippen LogP) is 1.16. The maximum absolute atomic E-state index is 12.5. The SMILES string of the molecule is CC(C)c1cccc(N(C)C(=O)C2CNCCS2(=O)=O)c1. The lowest BCUT2D eigenvalue weighted by molar-refractivity contribution is -0.117. The van der Waals surface area contributed by atoms with E-state index in [1.54, 1.807) is 7.05 Å². The van der Waals surface area contributed by atoms with Gasteiger partial charge in [0.15, 0.2) is 15.1 Å². The van der Waals surface area contributed by atoms with Gasteiger partial charge in [0.05, 0.1) is 5.75 Å². The fourth-order valence-corrected chi connectivity index (χ4v) is 3.94. The first kappa shape index (κ1) is 16.0. The van der Waals surface area contributed by atoms with Crippen molar-refractivity contribution >= 4 is 21.4 Å². The number of amides is 1. The third-order valence-electron chi connectivity index (χ3n) is 3.86. The molecule has 1 unspecified atom stereocenters. The quantitative estimate of drug-likeness (QED) is 0.910. The van der Waals surface area contributed by atoms with Gasteiger partial charge in [0.1, 0.15) is 0 Å². The topological polar surface area (TPSA) is 66.5 Å². The van der Waals surface area contributed by atoms with Crippen LogP contribution in [-0.4, -0.2) is 45.5 Å². The van der Waals surface area contributed by atoms with Crippen LogP contribution < -0.4 is 10.2 Å². The number of hydrogen-bond acceptors (Lipinski definition) is 4. The van der Waals surface area contributed by atoms with E-state index in [1.165, 1.54) is 4.90 Å². The molecule has 1 aromatic rings. The second-order valence-electron chi connectivity index (χ2n) is 5.71. The molecule has 2 rings (SSSR count). The molecule has 5 nitrogen and oxygen atoms in total. The summed E-state index contributed by atoms with van der Waals surface area (Å²) in [6, 6.07) is 7.66. The van der Waals surface area contributed by atoms with E-state index >= 15 is 0 Å². The summed E-state index contributed by atoms with van der Waals surface area (Å²) >= 11 is 0. The predicted molar refractivity (Wildman–Crippen MR) is 84.4 cm³/mol. The van der Waals surface area contributed by atoms with E-state index in [2.05, 4.69) is 19.2 Å². The second kappa shape index (κ2) is 6.15. The van der Waals surface area contributed by atoms with Gasteiger partial charge in [-0.2, -0.15) is 0 Å². The molecule has 0 bridgehead atoms. The lowest BCUT2D eigenvalue weighted by atomic mass is 10.0. The minimum atomic E-state index is -3.36. The van der Waals surface area contributed by atoms with E-state index in [4.69, 9.17) is 0 Å². The van der Waals surface area contributed by atoms with E-state index in [-0.39, 0.29) is 18.2 Å². The maximum Gasteiger partial charge on any atom is 0.246 e. The molecule has 6 heteroatoms. The van der Waals surface area contributed by atoms with Crippen molar-refractivity contribution in [3.05, 3.63) is 29.8 Å². The lowest BCUT2D eigenvalue weighted by Gasteiger charge is -2.27. The van der Waals surface area contributed by atoms with Crippen molar-refractivity contribution in [3.8, 4) is 0 Å². The summed E-state index contributed by atoms with van der Waals surface area (Å²) in [7, 11) is -1.73. The van der Waals surface area contributed by atoms with E-state index in [9.17, 15) is 13.2 Å². The number of nitrogens with one attached hydrogen (secondary N) is 1. The van der Waals surface area contributed by atoms with Crippen LogP contribution >= 0.6 is 0 Å². The van der Waals surface area contributed by atoms with Crippen LogP contribution in [-0.2, 0) is 14.6 Å². The number of benzene rings is 1. The molecule has 1 fully saturated rings. The number of rotatable bonds is 3. The molecular formula is C15H22N2O3S. The molecule has 116 valence electrons. The van der Waals surface area contributed by atoms with Crippen molar-refractivity contribution in [2.75, 3.05) is 30.8 Å². The highest BCUT2D eigenvalue weighted by molar-refractivity contribution is 7.92. The Kier molecular flexibility index (Phi) is 4.68. The van der Waals surface area contributed by atoms with Crippen molar-refractivity contribution in [1.29, 1.82) is 0 Å². The van der Waals surface area contributed by atoms with Crippen LogP contribution in [0.15, 0.2) is 24.3 Å². The normalized spacial score (nSPS) is 21.2. The molecule has 1 saturated heterocycles. The van der Waals surface area contributed by atoms with Crippen molar-refractivity contribution in [2.24, 2.45) is 0 Å². The Bertz CT molecular complexity index is 626. The molecular weight excluding hydrogens is 288 g/mol. The van der Waals surface area contributed by atoms with Crippen LogP contribution in [0.4, 0.5) is 5.69 Å². The summed E-state index contributed by atoms with van der Waals surface area (Å²) in [4.78, 5) is 13.9. The third-order valence-corrected chi connectivity index (χ3v) is 5.87. The molecule has 21 heavy (non-hydrogen) atoms. The summed E-state index contributed by atoms with van der Waals surface area (Å²) in [6.45, 7) is 4.76. The lowest BCUT2D eigenvalue weighted by Crippen LogP contribution is -2.52. The second-order valence-corrected chi connectivity index (χ2v) is 8.01. The number of hydrogen-bond donors (Lipinski definition) is 1. The Labute approximate surface area is 126 Å². The summed E-state index contributed by atoms with van der Waals surface area (Å²) in [5.41, 5.74) is 1.85. The Morgan fingerprint density at radius 1 is 1.38 bits per heavy atom. The monoisotopic (exact) mass is 310 g/mol. The van der Waals surface area contributed by atoms with Gasteiger partial charge in [-0.1, -0.05) is 26.0 Å². The van der Waals surface area contributed by atoms with Gasteiger partial charge in [-0.25, -0.2) is 8.42 Å². The van der Waals surface area contributed by atoms with Crippen molar-refractivity contribution in [2.45, 2.75) is 25.0 Å². The number of carbonyl (C=O) groups excluding carboxylic acids is 1. The zero-order valence-electron chi connectivity index (χ0n) is 12.7. The van der Waals surface area contributed by atoms with Gasteiger partial charge in [-0.3, -0.25) is 4.79 Å². The van der Waals surface area contributed by atoms with Gasteiger partial charge >= 0.3 is 0 Å². The number of carbonyl (C=O) groups is 1. The smallest absolute Gasteiger partial charge is 0.246 e. The zero-order valence-corrected chi connectivity index (χ0v) is 13.5. The summed E-state index contributed by atoms with van der Waals surface area (Å²) in [5, 5.41) is 1.99. The van der Waals surface area contributed by atoms with Gasteiger partial charge in [0, 0.05) is 25.8 Å². The fourth-order valence-electron chi connectivity index (χ4n) is 2.39. The van der Waals surface area contributed by atoms with Crippen LogP contribution in [0.1, 0.15) is 25.3 Å². The molecule has 0 saturated carbocycles. The first-order chi connectivity index (χ1) is 9.83. The third kappa shape index (κ3) is 3.44. The Balaban J connectivity index is 2.25. The summed E-state index contributed by atoms with van der Waals surface area (Å²) in [6.07, 6.45) is 0. The van der Waals surface area contributed by atoms with Crippen LogP contribution in [0.3, 0.4) is 0 Å². The molecule has 0 aromatic heterocycles. The van der Waals surface area contributed by atoms with Crippen LogP contribution in [0.2, 0.25) is 0 Å². The molecule has 0 spiro atoms. The highest BCUT2D eigenvalue weighted by Gasteiger charge is 2.36. The fraction of sp³-hybridized carbons (Fsp3) is 0.533. The average molecular weight is 310 g/mol. The van der Waals surface area contributed by atoms with Gasteiger partial charge in [-0.15, -0.1) is 0 Å². The zero-order chi connectivity index (χ0) is 15.6. The summed E-state index contributed by atoms with van der Waals surface area (Å²) < 4.78 is 24.1. The number of sulfone groups is 1. The standard InChI is InChI=1S/C15H22N2O3S/c1-11(2)12-5-4-6-13(9-12)17(3)15(18)14-10-16-7-8-21(14,19)20/h4-6,9,11,14,16H,7-8,10H2,1-3H3. The minimum Gasteiger partial charge on any atom is -0.314 e. The van der Waals surface area contributed by atoms with Crippen molar-refractivity contribution in [1.82, 2.24) is 5.32 Å². The van der Waals surface area contributed by atoms with Crippen LogP contribution in [0.25, 0.3) is 0 Å². The molecule has 0 aliphatic carbocycles. The first-order valence-corrected chi connectivity index (χ1v) is 8.84. The maximum atomic E-state index is 12.5. The highest BCUT2D eigenvalue weighted by Crippen LogP contribution is 2.22. The Morgan fingerprint density at radius 3 is 2.71 bits per heavy atom. The van der Waals surface area contributed by atoms with Crippen LogP contribution in [0.5, 0.6) is 0 Å². The van der Waals surface area contributed by atoms with Crippen molar-refractivity contribution in [3.63, 3.8) is 0 Å². The molecule has 1 aliphatic heterocycles. The molecule has 1 atom stereocenters. The average Bonchev–Trinajstić information content (AvgIpc) is 2.45. The Morgan fingerprint density at radius 2 is 2.10 bits per heavy atom. The van der Waals surface area contributed by atoms with Gasteiger partial charge in [0.25, 0.3) is 0 Å². The largest absolute Gasteiger partial charge is 0.314 e. The van der Waals surface area contributed by atoms with E-state index in [0.717, 1.165) is 11.3 Å². The molecule has 1 N–H and O–H groups in total. The molecule has 0 radical (unpaired) electrons. The molecule has 1 amide bonds. The van der Waals surface area contributed by atoms with E-state index in [0.29, 0.717) is 12.5 Å². The first-order valence-electron chi connectivity index (χ1n) is 7.13. The van der Waals surface area contributed by atoms with Gasteiger partial charge in [-0.05, 0) is 23.6 Å². The minimum absolute atomic E-state index is 0.0171. The van der Waals surface area contributed by atoms with Crippen molar-refractivity contribution < 1.29 is 13.2 Å².